The van der Waals surface area contributed by atoms with E-state index < -0.39 is 17.2 Å². The first-order valence-electron chi connectivity index (χ1n) is 12.4. The van der Waals surface area contributed by atoms with Gasteiger partial charge in [0, 0.05) is 60.7 Å². The third-order valence-corrected chi connectivity index (χ3v) is 6.98. The number of carbonyl (C=O) groups is 2. The van der Waals surface area contributed by atoms with Gasteiger partial charge in [0.25, 0.3) is 0 Å². The Morgan fingerprint density at radius 2 is 1.59 bits per heavy atom. The molecule has 3 heterocycles. The second-order valence-corrected chi connectivity index (χ2v) is 10.5. The fraction of sp³-hybridized carbons (Fsp3) is 0.310. The van der Waals surface area contributed by atoms with Gasteiger partial charge in [0.2, 0.25) is 0 Å². The van der Waals surface area contributed by atoms with Crippen LogP contribution in [0, 0.1) is 0 Å². The molecule has 1 N–H and O–H groups in total. The zero-order valence-corrected chi connectivity index (χ0v) is 21.0. The van der Waals surface area contributed by atoms with Crippen molar-refractivity contribution in [2.45, 2.75) is 32.0 Å². The van der Waals surface area contributed by atoms with E-state index in [1.165, 1.54) is 0 Å². The minimum absolute atomic E-state index is 0.0596. The number of carbonyl (C=O) groups excluding carboxylic acids is 2. The van der Waals surface area contributed by atoms with E-state index in [1.54, 1.807) is 29.2 Å². The summed E-state index contributed by atoms with van der Waals surface area (Å²) in [7, 11) is 0. The molecule has 3 aromatic carbocycles. The highest BCUT2D eigenvalue weighted by Gasteiger charge is 2.53. The van der Waals surface area contributed by atoms with Crippen LogP contribution >= 0.6 is 0 Å². The van der Waals surface area contributed by atoms with E-state index in [2.05, 4.69) is 4.90 Å². The average Bonchev–Trinajstić information content (AvgIpc) is 3.15. The number of fused-ring (bicyclic) bond motifs is 6. The standard InChI is InChI=1S/C29H28N2O6/c1-28(2,3)37-27(34)31-14-12-30(13-15-31)18-8-10-22-24(16-18)35-25-17-19(32)9-11-23(25)29(22)21-7-5-4-6-20(21)26(33)36-29/h4-11,16-17,32H,12-15H2,1-3H3. The number of ether oxygens (including phenoxy) is 3. The molecule has 190 valence electrons. The lowest BCUT2D eigenvalue weighted by Gasteiger charge is -2.39. The van der Waals surface area contributed by atoms with Crippen LogP contribution in [0.2, 0.25) is 0 Å². The van der Waals surface area contributed by atoms with Crippen LogP contribution in [0.3, 0.4) is 0 Å². The van der Waals surface area contributed by atoms with E-state index >= 15 is 0 Å². The molecule has 0 saturated carbocycles. The SMILES string of the molecule is CC(C)(C)OC(=O)N1CCN(c2ccc3c(c2)Oc2cc(O)ccc2C32OC(=O)c3ccccc32)CC1. The van der Waals surface area contributed by atoms with Gasteiger partial charge in [0.15, 0.2) is 5.60 Å². The molecule has 3 aliphatic heterocycles. The number of phenolic OH excluding ortho intramolecular Hbond substituents is 1. The number of nitrogens with zero attached hydrogens (tertiary/aromatic N) is 2. The summed E-state index contributed by atoms with van der Waals surface area (Å²) in [6.07, 6.45) is -0.305. The van der Waals surface area contributed by atoms with Crippen molar-refractivity contribution in [2.75, 3.05) is 31.1 Å². The summed E-state index contributed by atoms with van der Waals surface area (Å²) in [6, 6.07) is 18.1. The van der Waals surface area contributed by atoms with Crippen molar-refractivity contribution in [3.8, 4) is 17.2 Å². The molecule has 1 unspecified atom stereocenters. The normalized spacial score (nSPS) is 20.0. The van der Waals surface area contributed by atoms with Crippen LogP contribution in [0.1, 0.15) is 47.8 Å². The number of esters is 1. The second-order valence-electron chi connectivity index (χ2n) is 10.5. The summed E-state index contributed by atoms with van der Waals surface area (Å²) < 4.78 is 17.9. The molecule has 1 fully saturated rings. The maximum atomic E-state index is 12.9. The van der Waals surface area contributed by atoms with Crippen LogP contribution < -0.4 is 9.64 Å². The Labute approximate surface area is 215 Å². The molecule has 3 aliphatic rings. The summed E-state index contributed by atoms with van der Waals surface area (Å²) in [5, 5.41) is 10.2. The largest absolute Gasteiger partial charge is 0.508 e. The first-order valence-corrected chi connectivity index (χ1v) is 12.4. The molecule has 8 nitrogen and oxygen atoms in total. The number of hydrogen-bond acceptors (Lipinski definition) is 7. The van der Waals surface area contributed by atoms with Gasteiger partial charge in [0.1, 0.15) is 22.8 Å². The monoisotopic (exact) mass is 500 g/mol. The van der Waals surface area contributed by atoms with Crippen molar-refractivity contribution in [2.24, 2.45) is 0 Å². The predicted molar refractivity (Wildman–Crippen MR) is 136 cm³/mol. The lowest BCUT2D eigenvalue weighted by atomic mass is 9.77. The molecule has 0 bridgehead atoms. The first kappa shape index (κ1) is 23.2. The molecular weight excluding hydrogens is 472 g/mol. The summed E-state index contributed by atoms with van der Waals surface area (Å²) in [4.78, 5) is 29.3. The number of hydrogen-bond donors (Lipinski definition) is 1. The number of amides is 1. The first-order chi connectivity index (χ1) is 17.7. The van der Waals surface area contributed by atoms with Gasteiger partial charge in [0.05, 0.1) is 5.56 Å². The van der Waals surface area contributed by atoms with Crippen LogP contribution in [0.4, 0.5) is 10.5 Å². The quantitative estimate of drug-likeness (QED) is 0.470. The van der Waals surface area contributed by atoms with Crippen LogP contribution in [0.15, 0.2) is 60.7 Å². The van der Waals surface area contributed by atoms with Crippen molar-refractivity contribution in [3.05, 3.63) is 82.9 Å². The van der Waals surface area contributed by atoms with Crippen LogP contribution in [-0.4, -0.2) is 53.8 Å². The lowest BCUT2D eigenvalue weighted by Crippen LogP contribution is -2.50. The van der Waals surface area contributed by atoms with E-state index in [4.69, 9.17) is 14.2 Å². The third-order valence-electron chi connectivity index (χ3n) is 6.98. The zero-order valence-electron chi connectivity index (χ0n) is 21.0. The van der Waals surface area contributed by atoms with Crippen molar-refractivity contribution >= 4 is 17.7 Å². The highest BCUT2D eigenvalue weighted by atomic mass is 16.6. The topological polar surface area (TPSA) is 88.5 Å². The van der Waals surface area contributed by atoms with Gasteiger partial charge in [-0.05, 0) is 51.1 Å². The number of piperazine rings is 1. The predicted octanol–water partition coefficient (Wildman–Crippen LogP) is 5.02. The minimum Gasteiger partial charge on any atom is -0.508 e. The molecule has 6 rings (SSSR count). The molecule has 0 aromatic heterocycles. The van der Waals surface area contributed by atoms with E-state index in [0.29, 0.717) is 48.8 Å². The van der Waals surface area contributed by atoms with Crippen molar-refractivity contribution in [1.29, 1.82) is 0 Å². The summed E-state index contributed by atoms with van der Waals surface area (Å²) >= 11 is 0. The minimum atomic E-state index is -1.17. The van der Waals surface area contributed by atoms with Gasteiger partial charge in [-0.3, -0.25) is 0 Å². The summed E-state index contributed by atoms with van der Waals surface area (Å²) in [6.45, 7) is 7.94. The number of anilines is 1. The van der Waals surface area contributed by atoms with E-state index in [1.807, 2.05) is 57.2 Å². The number of rotatable bonds is 1. The molecule has 1 spiro atoms. The lowest BCUT2D eigenvalue weighted by molar-refractivity contribution is 0.0218. The van der Waals surface area contributed by atoms with Crippen LogP contribution in [0.5, 0.6) is 17.2 Å². The second kappa shape index (κ2) is 8.16. The molecule has 1 amide bonds. The van der Waals surface area contributed by atoms with Crippen molar-refractivity contribution < 1.29 is 28.9 Å². The van der Waals surface area contributed by atoms with Gasteiger partial charge in [-0.25, -0.2) is 9.59 Å². The fourth-order valence-electron chi connectivity index (χ4n) is 5.32. The highest BCUT2D eigenvalue weighted by molar-refractivity contribution is 5.97. The Morgan fingerprint density at radius 3 is 2.32 bits per heavy atom. The van der Waals surface area contributed by atoms with Gasteiger partial charge >= 0.3 is 12.1 Å². The third kappa shape index (κ3) is 3.75. The Hall–Kier alpha value is -4.20. The summed E-state index contributed by atoms with van der Waals surface area (Å²) in [5.74, 6) is 0.646. The molecule has 3 aromatic rings. The maximum absolute atomic E-state index is 12.9. The van der Waals surface area contributed by atoms with Gasteiger partial charge in [-0.2, -0.15) is 0 Å². The Bertz CT molecular complexity index is 1420. The molecule has 0 radical (unpaired) electrons. The molecule has 37 heavy (non-hydrogen) atoms. The summed E-state index contributed by atoms with van der Waals surface area (Å²) in [5.41, 5.74) is 1.87. The highest BCUT2D eigenvalue weighted by Crippen LogP contribution is 2.57. The Balaban J connectivity index is 1.35. The van der Waals surface area contributed by atoms with Crippen molar-refractivity contribution in [3.63, 3.8) is 0 Å². The Morgan fingerprint density at radius 1 is 0.919 bits per heavy atom. The zero-order chi connectivity index (χ0) is 25.9. The fourth-order valence-corrected chi connectivity index (χ4v) is 5.32. The molecular formula is C29H28N2O6. The van der Waals surface area contributed by atoms with E-state index in [-0.39, 0.29) is 11.8 Å². The van der Waals surface area contributed by atoms with Gasteiger partial charge in [-0.1, -0.05) is 18.2 Å². The maximum Gasteiger partial charge on any atom is 0.410 e. The smallest absolute Gasteiger partial charge is 0.410 e. The van der Waals surface area contributed by atoms with E-state index in [9.17, 15) is 14.7 Å². The van der Waals surface area contributed by atoms with Crippen LogP contribution in [-0.2, 0) is 15.1 Å². The number of aromatic hydroxyl groups is 1. The molecule has 1 atom stereocenters. The average molecular weight is 501 g/mol. The van der Waals surface area contributed by atoms with Crippen LogP contribution in [0.25, 0.3) is 0 Å². The Kier molecular flexibility index (Phi) is 5.12. The van der Waals surface area contributed by atoms with Gasteiger partial charge < -0.3 is 29.1 Å². The molecule has 8 heteroatoms. The van der Waals surface area contributed by atoms with Crippen molar-refractivity contribution in [1.82, 2.24) is 4.90 Å². The molecule has 0 aliphatic carbocycles. The number of benzene rings is 3. The van der Waals surface area contributed by atoms with E-state index in [0.717, 1.165) is 16.8 Å². The number of phenols is 1. The van der Waals surface area contributed by atoms with Gasteiger partial charge in [-0.15, -0.1) is 0 Å². The molecule has 1 saturated heterocycles.